The van der Waals surface area contributed by atoms with Gasteiger partial charge in [0.15, 0.2) is 0 Å². The fraction of sp³-hybridized carbons (Fsp3) is 0.375. The number of nitrogens with zero attached hydrogens (tertiary/aromatic N) is 1. The Bertz CT molecular complexity index is 584. The third-order valence-corrected chi connectivity index (χ3v) is 5.45. The van der Waals surface area contributed by atoms with E-state index in [1.165, 1.54) is 17.7 Å². The monoisotopic (exact) mass is 370 g/mol. The third kappa shape index (κ3) is 4.36. The highest BCUT2D eigenvalue weighted by Crippen LogP contribution is 2.25. The minimum absolute atomic E-state index is 0.160. The normalized spacial score (nSPS) is 14.4. The summed E-state index contributed by atoms with van der Waals surface area (Å²) < 4.78 is 14.1. The molecule has 0 radical (unpaired) electrons. The van der Waals surface area contributed by atoms with Gasteiger partial charge in [-0.3, -0.25) is 4.90 Å². The van der Waals surface area contributed by atoms with Crippen LogP contribution in [-0.4, -0.2) is 24.0 Å². The Kier molecular flexibility index (Phi) is 5.54. The number of hydrogen-bond acceptors (Lipinski definition) is 3. The number of nitrogens with two attached hydrogens (primary N) is 1. The molecule has 1 aromatic carbocycles. The summed E-state index contributed by atoms with van der Waals surface area (Å²) in [6.45, 7) is 3.54. The number of hydrogen-bond donors (Lipinski definition) is 1. The molecule has 1 heterocycles. The molecule has 114 valence electrons. The lowest BCUT2D eigenvalue weighted by atomic mass is 9.91. The van der Waals surface area contributed by atoms with Gasteiger partial charge in [-0.25, -0.2) is 4.39 Å². The van der Waals surface area contributed by atoms with Gasteiger partial charge in [0.25, 0.3) is 0 Å². The SMILES string of the molecule is CN(Cc1csc(Br)c1)C(C)(CN)Cc1ccc(F)cc1. The quantitative estimate of drug-likeness (QED) is 0.831. The molecule has 1 unspecified atom stereocenters. The average molecular weight is 371 g/mol. The molecule has 1 atom stereocenters. The van der Waals surface area contributed by atoms with Crippen LogP contribution in [0.4, 0.5) is 4.39 Å². The van der Waals surface area contributed by atoms with E-state index in [0.717, 1.165) is 22.3 Å². The molecule has 0 aliphatic heterocycles. The van der Waals surface area contributed by atoms with E-state index >= 15 is 0 Å². The first-order valence-corrected chi connectivity index (χ1v) is 8.49. The first kappa shape index (κ1) is 16.6. The predicted molar refractivity (Wildman–Crippen MR) is 91.0 cm³/mol. The van der Waals surface area contributed by atoms with Gasteiger partial charge in [0.2, 0.25) is 0 Å². The molecule has 0 spiro atoms. The molecule has 2 N–H and O–H groups in total. The van der Waals surface area contributed by atoms with Crippen molar-refractivity contribution in [2.24, 2.45) is 5.73 Å². The van der Waals surface area contributed by atoms with Crippen LogP contribution < -0.4 is 5.73 Å². The molecule has 1 aromatic heterocycles. The number of benzene rings is 1. The van der Waals surface area contributed by atoms with Crippen LogP contribution in [0.1, 0.15) is 18.1 Å². The molecule has 0 amide bonds. The summed E-state index contributed by atoms with van der Waals surface area (Å²) in [5.74, 6) is -0.204. The van der Waals surface area contributed by atoms with Crippen LogP contribution in [0.2, 0.25) is 0 Å². The standard InChI is InChI=1S/C16H20BrFN2S/c1-16(11-19,8-12-3-5-14(18)6-4-12)20(2)9-13-7-15(17)21-10-13/h3-7,10H,8-9,11,19H2,1-2H3. The van der Waals surface area contributed by atoms with Crippen molar-refractivity contribution in [3.63, 3.8) is 0 Å². The Morgan fingerprint density at radius 1 is 1.29 bits per heavy atom. The largest absolute Gasteiger partial charge is 0.329 e. The van der Waals surface area contributed by atoms with E-state index in [0.29, 0.717) is 6.54 Å². The maximum atomic E-state index is 13.0. The highest BCUT2D eigenvalue weighted by atomic mass is 79.9. The average Bonchev–Trinajstić information content (AvgIpc) is 2.86. The molecular weight excluding hydrogens is 351 g/mol. The molecule has 0 saturated carbocycles. The minimum Gasteiger partial charge on any atom is -0.329 e. The summed E-state index contributed by atoms with van der Waals surface area (Å²) in [4.78, 5) is 2.27. The molecule has 2 rings (SSSR count). The van der Waals surface area contributed by atoms with Crippen LogP contribution in [0.25, 0.3) is 0 Å². The zero-order valence-corrected chi connectivity index (χ0v) is 14.7. The molecule has 2 aromatic rings. The van der Waals surface area contributed by atoms with Gasteiger partial charge in [0, 0.05) is 18.6 Å². The fourth-order valence-electron chi connectivity index (χ4n) is 2.30. The number of likely N-dealkylation sites (N-methyl/N-ethyl adjacent to an activating group) is 1. The maximum absolute atomic E-state index is 13.0. The Balaban J connectivity index is 2.09. The van der Waals surface area contributed by atoms with Crippen LogP contribution in [0.15, 0.2) is 39.5 Å². The number of rotatable bonds is 6. The second kappa shape index (κ2) is 7.01. The highest BCUT2D eigenvalue weighted by Gasteiger charge is 2.28. The van der Waals surface area contributed by atoms with Crippen LogP contribution in [0.5, 0.6) is 0 Å². The van der Waals surface area contributed by atoms with Crippen molar-refractivity contribution >= 4 is 27.3 Å². The van der Waals surface area contributed by atoms with Crippen LogP contribution >= 0.6 is 27.3 Å². The minimum atomic E-state index is -0.204. The molecule has 21 heavy (non-hydrogen) atoms. The van der Waals surface area contributed by atoms with Crippen molar-refractivity contribution in [2.45, 2.75) is 25.4 Å². The van der Waals surface area contributed by atoms with Gasteiger partial charge in [-0.15, -0.1) is 11.3 Å². The Labute approximate surface area is 137 Å². The van der Waals surface area contributed by atoms with E-state index in [4.69, 9.17) is 5.73 Å². The second-order valence-corrected chi connectivity index (χ2v) is 7.91. The summed E-state index contributed by atoms with van der Waals surface area (Å²) in [5, 5.41) is 2.15. The van der Waals surface area contributed by atoms with E-state index in [2.05, 4.69) is 46.2 Å². The lowest BCUT2D eigenvalue weighted by Gasteiger charge is -2.38. The summed E-state index contributed by atoms with van der Waals surface area (Å²) in [6.07, 6.45) is 0.797. The van der Waals surface area contributed by atoms with Gasteiger partial charge in [0.1, 0.15) is 5.82 Å². The van der Waals surface area contributed by atoms with Crippen molar-refractivity contribution in [3.05, 3.63) is 56.4 Å². The first-order chi connectivity index (χ1) is 9.93. The summed E-state index contributed by atoms with van der Waals surface area (Å²) in [6, 6.07) is 8.80. The van der Waals surface area contributed by atoms with E-state index < -0.39 is 0 Å². The number of thiophene rings is 1. The fourth-order valence-corrected chi connectivity index (χ4v) is 3.50. The summed E-state index contributed by atoms with van der Waals surface area (Å²) in [5.41, 5.74) is 8.23. The molecular formula is C16H20BrFN2S. The van der Waals surface area contributed by atoms with E-state index in [1.807, 2.05) is 12.1 Å². The smallest absolute Gasteiger partial charge is 0.123 e. The Hall–Kier alpha value is -0.750. The topological polar surface area (TPSA) is 29.3 Å². The van der Waals surface area contributed by atoms with Gasteiger partial charge in [0.05, 0.1) is 3.79 Å². The highest BCUT2D eigenvalue weighted by molar-refractivity contribution is 9.11. The lowest BCUT2D eigenvalue weighted by molar-refractivity contribution is 0.136. The van der Waals surface area contributed by atoms with Crippen LogP contribution in [-0.2, 0) is 13.0 Å². The van der Waals surface area contributed by atoms with Gasteiger partial charge >= 0.3 is 0 Å². The molecule has 0 aliphatic carbocycles. The second-order valence-electron chi connectivity index (χ2n) is 5.62. The van der Waals surface area contributed by atoms with Gasteiger partial charge in [-0.2, -0.15) is 0 Å². The van der Waals surface area contributed by atoms with Crippen molar-refractivity contribution in [1.29, 1.82) is 0 Å². The molecule has 0 bridgehead atoms. The number of halogens is 2. The third-order valence-electron chi connectivity index (χ3n) is 3.90. The summed E-state index contributed by atoms with van der Waals surface area (Å²) >= 11 is 5.18. The van der Waals surface area contributed by atoms with Crippen LogP contribution in [0.3, 0.4) is 0 Å². The van der Waals surface area contributed by atoms with Crippen molar-refractivity contribution < 1.29 is 4.39 Å². The molecule has 0 aliphatic rings. The van der Waals surface area contributed by atoms with E-state index in [-0.39, 0.29) is 11.4 Å². The maximum Gasteiger partial charge on any atom is 0.123 e. The molecule has 0 saturated heterocycles. The molecule has 2 nitrogen and oxygen atoms in total. The van der Waals surface area contributed by atoms with Crippen molar-refractivity contribution in [2.75, 3.05) is 13.6 Å². The van der Waals surface area contributed by atoms with Crippen LogP contribution in [0, 0.1) is 5.82 Å². The predicted octanol–water partition coefficient (Wildman–Crippen LogP) is 4.04. The van der Waals surface area contributed by atoms with Crippen molar-refractivity contribution in [3.8, 4) is 0 Å². The summed E-state index contributed by atoms with van der Waals surface area (Å²) in [7, 11) is 2.09. The lowest BCUT2D eigenvalue weighted by Crippen LogP contribution is -2.50. The van der Waals surface area contributed by atoms with Gasteiger partial charge < -0.3 is 5.73 Å². The zero-order valence-electron chi connectivity index (χ0n) is 12.3. The van der Waals surface area contributed by atoms with Gasteiger partial charge in [-0.1, -0.05) is 12.1 Å². The first-order valence-electron chi connectivity index (χ1n) is 6.81. The van der Waals surface area contributed by atoms with E-state index in [9.17, 15) is 4.39 Å². The Morgan fingerprint density at radius 3 is 2.48 bits per heavy atom. The molecule has 0 fully saturated rings. The van der Waals surface area contributed by atoms with E-state index in [1.54, 1.807) is 11.3 Å². The Morgan fingerprint density at radius 2 is 1.95 bits per heavy atom. The zero-order chi connectivity index (χ0) is 15.5. The van der Waals surface area contributed by atoms with Crippen molar-refractivity contribution in [1.82, 2.24) is 4.90 Å². The van der Waals surface area contributed by atoms with Gasteiger partial charge in [-0.05, 0) is 71.0 Å². The molecule has 5 heteroatoms.